The van der Waals surface area contributed by atoms with Crippen molar-refractivity contribution in [1.82, 2.24) is 0 Å². The molecule has 4 nitrogen and oxygen atoms in total. The molecular formula is C9H10BrFN2O2. The zero-order valence-electron chi connectivity index (χ0n) is 7.74. The largest absolute Gasteiger partial charge is 0.488 e. The van der Waals surface area contributed by atoms with E-state index in [9.17, 15) is 9.18 Å². The van der Waals surface area contributed by atoms with Gasteiger partial charge in [0.2, 0.25) is 5.91 Å². The minimum absolute atomic E-state index is 0.0288. The third kappa shape index (κ3) is 3.49. The highest BCUT2D eigenvalue weighted by molar-refractivity contribution is 9.10. The number of nitrogens with two attached hydrogens (primary N) is 2. The lowest BCUT2D eigenvalue weighted by atomic mass is 10.3. The summed E-state index contributed by atoms with van der Waals surface area (Å²) in [6.07, 6.45) is 0. The van der Waals surface area contributed by atoms with Crippen LogP contribution >= 0.6 is 15.9 Å². The Labute approximate surface area is 94.5 Å². The van der Waals surface area contributed by atoms with Crippen LogP contribution in [0.5, 0.6) is 5.75 Å². The normalized spacial score (nSPS) is 12.2. The number of carbonyl (C=O) groups excluding carboxylic acids is 1. The van der Waals surface area contributed by atoms with Gasteiger partial charge >= 0.3 is 0 Å². The van der Waals surface area contributed by atoms with Crippen molar-refractivity contribution in [2.75, 3.05) is 6.61 Å². The highest BCUT2D eigenvalue weighted by Crippen LogP contribution is 2.22. The second-order valence-electron chi connectivity index (χ2n) is 2.89. The number of amides is 1. The standard InChI is InChI=1S/C9H10BrFN2O2/c10-5-1-2-6(11)8(3-5)15-4-7(12)9(13)14/h1-3,7H,4,12H2,(H2,13,14). The minimum Gasteiger partial charge on any atom is -0.488 e. The van der Waals surface area contributed by atoms with Gasteiger partial charge in [-0.2, -0.15) is 0 Å². The van der Waals surface area contributed by atoms with E-state index in [4.69, 9.17) is 16.2 Å². The summed E-state index contributed by atoms with van der Waals surface area (Å²) in [7, 11) is 0. The Morgan fingerprint density at radius 3 is 2.87 bits per heavy atom. The number of benzene rings is 1. The van der Waals surface area contributed by atoms with Gasteiger partial charge in [-0.25, -0.2) is 4.39 Å². The van der Waals surface area contributed by atoms with Gasteiger partial charge in [0.1, 0.15) is 12.6 Å². The van der Waals surface area contributed by atoms with Crippen LogP contribution in [0.2, 0.25) is 0 Å². The monoisotopic (exact) mass is 276 g/mol. The van der Waals surface area contributed by atoms with Gasteiger partial charge in [-0.15, -0.1) is 0 Å². The first-order chi connectivity index (χ1) is 7.00. The van der Waals surface area contributed by atoms with Crippen molar-refractivity contribution in [2.24, 2.45) is 11.5 Å². The summed E-state index contributed by atoms with van der Waals surface area (Å²) in [6, 6.07) is 3.29. The zero-order chi connectivity index (χ0) is 11.4. The molecule has 1 unspecified atom stereocenters. The van der Waals surface area contributed by atoms with Gasteiger partial charge in [-0.3, -0.25) is 4.79 Å². The molecule has 0 heterocycles. The number of hydrogen-bond acceptors (Lipinski definition) is 3. The van der Waals surface area contributed by atoms with E-state index in [2.05, 4.69) is 15.9 Å². The van der Waals surface area contributed by atoms with E-state index < -0.39 is 17.8 Å². The third-order valence-electron chi connectivity index (χ3n) is 1.68. The first kappa shape index (κ1) is 11.9. The molecule has 15 heavy (non-hydrogen) atoms. The van der Waals surface area contributed by atoms with E-state index in [1.807, 2.05) is 0 Å². The average molecular weight is 277 g/mol. The van der Waals surface area contributed by atoms with Crippen LogP contribution in [0.3, 0.4) is 0 Å². The number of ether oxygens (including phenoxy) is 1. The molecule has 0 saturated heterocycles. The van der Waals surface area contributed by atoms with Gasteiger partial charge < -0.3 is 16.2 Å². The lowest BCUT2D eigenvalue weighted by Crippen LogP contribution is -2.41. The first-order valence-corrected chi connectivity index (χ1v) is 4.92. The van der Waals surface area contributed by atoms with Crippen molar-refractivity contribution in [1.29, 1.82) is 0 Å². The summed E-state index contributed by atoms with van der Waals surface area (Å²) < 4.78 is 18.8. The Bertz CT molecular complexity index is 373. The summed E-state index contributed by atoms with van der Waals surface area (Å²) in [6.45, 7) is -0.150. The quantitative estimate of drug-likeness (QED) is 0.853. The van der Waals surface area contributed by atoms with Crippen LogP contribution in [-0.4, -0.2) is 18.6 Å². The van der Waals surface area contributed by atoms with E-state index in [0.717, 1.165) is 0 Å². The lowest BCUT2D eigenvalue weighted by Gasteiger charge is -2.10. The zero-order valence-corrected chi connectivity index (χ0v) is 9.33. The molecule has 0 fully saturated rings. The molecule has 0 aliphatic rings. The van der Waals surface area contributed by atoms with Crippen LogP contribution < -0.4 is 16.2 Å². The van der Waals surface area contributed by atoms with E-state index in [-0.39, 0.29) is 12.4 Å². The molecule has 1 rings (SSSR count). The molecule has 0 aliphatic heterocycles. The molecule has 1 aromatic rings. The number of hydrogen-bond donors (Lipinski definition) is 2. The Morgan fingerprint density at radius 2 is 2.27 bits per heavy atom. The highest BCUT2D eigenvalue weighted by atomic mass is 79.9. The summed E-state index contributed by atoms with van der Waals surface area (Å²) in [5.41, 5.74) is 10.2. The van der Waals surface area contributed by atoms with Crippen molar-refractivity contribution >= 4 is 21.8 Å². The molecule has 1 amide bonds. The predicted molar refractivity (Wildman–Crippen MR) is 56.8 cm³/mol. The summed E-state index contributed by atoms with van der Waals surface area (Å²) in [5, 5.41) is 0. The lowest BCUT2D eigenvalue weighted by molar-refractivity contribution is -0.119. The van der Waals surface area contributed by atoms with E-state index >= 15 is 0 Å². The van der Waals surface area contributed by atoms with Crippen LogP contribution in [0.1, 0.15) is 0 Å². The average Bonchev–Trinajstić information content (AvgIpc) is 2.18. The fourth-order valence-electron chi connectivity index (χ4n) is 0.850. The van der Waals surface area contributed by atoms with Crippen LogP contribution in [0.4, 0.5) is 4.39 Å². The van der Waals surface area contributed by atoms with Crippen LogP contribution in [0, 0.1) is 5.82 Å². The Balaban J connectivity index is 2.65. The Morgan fingerprint density at radius 1 is 1.60 bits per heavy atom. The predicted octanol–water partition coefficient (Wildman–Crippen LogP) is 0.780. The van der Waals surface area contributed by atoms with Gasteiger partial charge in [0.15, 0.2) is 11.6 Å². The SMILES string of the molecule is NC(=O)C(N)COc1cc(Br)ccc1F. The van der Waals surface area contributed by atoms with Crippen molar-refractivity contribution < 1.29 is 13.9 Å². The molecule has 0 aromatic heterocycles. The number of carbonyl (C=O) groups is 1. The van der Waals surface area contributed by atoms with Gasteiger partial charge in [0.25, 0.3) is 0 Å². The highest BCUT2D eigenvalue weighted by Gasteiger charge is 2.11. The molecule has 1 atom stereocenters. The molecular weight excluding hydrogens is 267 g/mol. The molecule has 82 valence electrons. The smallest absolute Gasteiger partial charge is 0.237 e. The van der Waals surface area contributed by atoms with E-state index in [1.54, 1.807) is 0 Å². The first-order valence-electron chi connectivity index (χ1n) is 4.13. The fraction of sp³-hybridized carbons (Fsp3) is 0.222. The second-order valence-corrected chi connectivity index (χ2v) is 3.81. The van der Waals surface area contributed by atoms with Crippen molar-refractivity contribution in [3.05, 3.63) is 28.5 Å². The fourth-order valence-corrected chi connectivity index (χ4v) is 1.19. The molecule has 6 heteroatoms. The maximum Gasteiger partial charge on any atom is 0.237 e. The van der Waals surface area contributed by atoms with E-state index in [0.29, 0.717) is 4.47 Å². The summed E-state index contributed by atoms with van der Waals surface area (Å²) >= 11 is 3.16. The van der Waals surface area contributed by atoms with Crippen LogP contribution in [-0.2, 0) is 4.79 Å². The van der Waals surface area contributed by atoms with Gasteiger partial charge in [0.05, 0.1) is 0 Å². The number of rotatable bonds is 4. The minimum atomic E-state index is -0.941. The van der Waals surface area contributed by atoms with Crippen LogP contribution in [0.15, 0.2) is 22.7 Å². The number of halogens is 2. The number of primary amides is 1. The molecule has 0 saturated carbocycles. The Hall–Kier alpha value is -1.14. The van der Waals surface area contributed by atoms with Gasteiger partial charge in [-0.1, -0.05) is 15.9 Å². The van der Waals surface area contributed by atoms with Gasteiger partial charge in [0, 0.05) is 4.47 Å². The van der Waals surface area contributed by atoms with E-state index in [1.165, 1.54) is 18.2 Å². The molecule has 0 aliphatic carbocycles. The molecule has 0 radical (unpaired) electrons. The van der Waals surface area contributed by atoms with Gasteiger partial charge in [-0.05, 0) is 18.2 Å². The van der Waals surface area contributed by atoms with Crippen molar-refractivity contribution in [2.45, 2.75) is 6.04 Å². The van der Waals surface area contributed by atoms with Crippen molar-refractivity contribution in [3.8, 4) is 5.75 Å². The molecule has 1 aromatic carbocycles. The van der Waals surface area contributed by atoms with Crippen molar-refractivity contribution in [3.63, 3.8) is 0 Å². The molecule has 0 spiro atoms. The summed E-state index contributed by atoms with van der Waals surface area (Å²) in [4.78, 5) is 10.6. The molecule has 0 bridgehead atoms. The second kappa shape index (κ2) is 5.09. The molecule has 4 N–H and O–H groups in total. The Kier molecular flexibility index (Phi) is 4.05. The van der Waals surface area contributed by atoms with Crippen LogP contribution in [0.25, 0.3) is 0 Å². The topological polar surface area (TPSA) is 78.3 Å². The third-order valence-corrected chi connectivity index (χ3v) is 2.17. The maximum atomic E-state index is 13.1. The summed E-state index contributed by atoms with van der Waals surface area (Å²) in [5.74, 6) is -1.18. The maximum absolute atomic E-state index is 13.1.